The Kier molecular flexibility index (Phi) is 11.5. The number of hydrogen-bond acceptors (Lipinski definition) is 6. The maximum Gasteiger partial charge on any atom is 0.408 e. The molecule has 0 bridgehead atoms. The summed E-state index contributed by atoms with van der Waals surface area (Å²) in [6.45, 7) is 0.425. The van der Waals surface area contributed by atoms with E-state index in [0.717, 1.165) is 33.5 Å². The summed E-state index contributed by atoms with van der Waals surface area (Å²) in [4.78, 5) is 59.9. The van der Waals surface area contributed by atoms with Gasteiger partial charge in [0.05, 0.1) is 11.0 Å². The predicted octanol–water partition coefficient (Wildman–Crippen LogP) is 4.88. The van der Waals surface area contributed by atoms with E-state index in [1.54, 1.807) is 53.4 Å². The number of benzene rings is 4. The number of carbonyl (C=O) groups is 4. The van der Waals surface area contributed by atoms with Crippen molar-refractivity contribution in [3.8, 4) is 0 Å². The molecule has 246 valence electrons. The van der Waals surface area contributed by atoms with E-state index < -0.39 is 24.0 Å². The van der Waals surface area contributed by atoms with Crippen LogP contribution in [0.2, 0.25) is 0 Å². The number of carboxylic acids is 1. The van der Waals surface area contributed by atoms with Crippen LogP contribution in [0.15, 0.2) is 109 Å². The number of ether oxygens (including phenoxy) is 1. The van der Waals surface area contributed by atoms with Gasteiger partial charge in [0.25, 0.3) is 5.91 Å². The number of hydrogen-bond donors (Lipinski definition) is 4. The van der Waals surface area contributed by atoms with Gasteiger partial charge in [-0.2, -0.15) is 0 Å². The largest absolute Gasteiger partial charge is 0.480 e. The number of amides is 3. The number of carboxylic acid groups (broad SMARTS) is 1. The van der Waals surface area contributed by atoms with Gasteiger partial charge in [-0.3, -0.25) is 9.59 Å². The van der Waals surface area contributed by atoms with E-state index >= 15 is 0 Å². The lowest BCUT2D eigenvalue weighted by Crippen LogP contribution is -2.48. The number of aryl methyl sites for hydroxylation is 1. The van der Waals surface area contributed by atoms with Crippen LogP contribution in [0.5, 0.6) is 0 Å². The third-order valence-electron chi connectivity index (χ3n) is 7.74. The lowest BCUT2D eigenvalue weighted by Gasteiger charge is -2.23. The van der Waals surface area contributed by atoms with Crippen LogP contribution in [0.3, 0.4) is 0 Å². The molecule has 11 nitrogen and oxygen atoms in total. The number of aromatic nitrogens is 2. The van der Waals surface area contributed by atoms with Gasteiger partial charge < -0.3 is 30.4 Å². The summed E-state index contributed by atoms with van der Waals surface area (Å²) in [6, 6.07) is 32.0. The number of para-hydroxylation sites is 2. The number of imidazole rings is 1. The standard InChI is InChI=1S/C37H37N5O6/c43-34(20-17-26-9-3-1-4-10-26)42(22-21-33-39-30-13-7-8-14-31(30)40-33)24-27-15-18-29(19-16-27)35(44)38-23-32(36(45)46)41-37(47)48-25-28-11-5-2-6-12-28/h1-16,18-19,32H,17,20-25H2,(H,38,44)(H,39,40)(H,41,47)(H,45,46). The van der Waals surface area contributed by atoms with Gasteiger partial charge in [-0.05, 0) is 47.4 Å². The van der Waals surface area contributed by atoms with Crippen LogP contribution in [0, 0.1) is 0 Å². The fraction of sp³-hybridized carbons (Fsp3) is 0.216. The van der Waals surface area contributed by atoms with Crippen molar-refractivity contribution in [2.45, 2.75) is 38.5 Å². The summed E-state index contributed by atoms with van der Waals surface area (Å²) in [5.41, 5.74) is 4.78. The number of aromatic amines is 1. The number of fused-ring (bicyclic) bond motifs is 1. The second-order valence-electron chi connectivity index (χ2n) is 11.3. The Bertz CT molecular complexity index is 1790. The molecule has 4 aromatic carbocycles. The molecule has 5 rings (SSSR count). The van der Waals surface area contributed by atoms with E-state index in [0.29, 0.717) is 37.9 Å². The van der Waals surface area contributed by atoms with Gasteiger partial charge in [0.2, 0.25) is 5.91 Å². The molecule has 0 radical (unpaired) electrons. The lowest BCUT2D eigenvalue weighted by atomic mass is 10.1. The summed E-state index contributed by atoms with van der Waals surface area (Å²) in [5, 5.41) is 14.4. The molecular weight excluding hydrogens is 610 g/mol. The fourth-order valence-electron chi connectivity index (χ4n) is 5.10. The highest BCUT2D eigenvalue weighted by Gasteiger charge is 2.22. The minimum Gasteiger partial charge on any atom is -0.480 e. The molecule has 5 aromatic rings. The van der Waals surface area contributed by atoms with Crippen molar-refractivity contribution in [2.24, 2.45) is 0 Å². The molecule has 1 unspecified atom stereocenters. The lowest BCUT2D eigenvalue weighted by molar-refractivity contribution is -0.139. The Labute approximate surface area is 278 Å². The van der Waals surface area contributed by atoms with Crippen molar-refractivity contribution in [1.29, 1.82) is 0 Å². The van der Waals surface area contributed by atoms with Gasteiger partial charge in [0.1, 0.15) is 18.5 Å². The molecule has 0 aliphatic rings. The molecule has 0 aliphatic heterocycles. The van der Waals surface area contributed by atoms with E-state index in [-0.39, 0.29) is 19.1 Å². The number of rotatable bonds is 15. The van der Waals surface area contributed by atoms with Gasteiger partial charge in [0.15, 0.2) is 0 Å². The number of carbonyl (C=O) groups excluding carboxylic acids is 3. The van der Waals surface area contributed by atoms with Crippen molar-refractivity contribution in [3.05, 3.63) is 137 Å². The number of nitrogens with one attached hydrogen (secondary N) is 3. The normalized spacial score (nSPS) is 11.4. The quantitative estimate of drug-likeness (QED) is 0.126. The highest BCUT2D eigenvalue weighted by molar-refractivity contribution is 5.94. The summed E-state index contributed by atoms with van der Waals surface area (Å²) >= 11 is 0. The van der Waals surface area contributed by atoms with Crippen molar-refractivity contribution in [3.63, 3.8) is 0 Å². The average molecular weight is 648 g/mol. The van der Waals surface area contributed by atoms with E-state index in [9.17, 15) is 24.3 Å². The molecule has 1 aromatic heterocycles. The second kappa shape index (κ2) is 16.5. The molecular formula is C37H37N5O6. The van der Waals surface area contributed by atoms with Crippen molar-refractivity contribution in [2.75, 3.05) is 13.1 Å². The Hall–Kier alpha value is -5.97. The zero-order chi connectivity index (χ0) is 33.7. The highest BCUT2D eigenvalue weighted by atomic mass is 16.5. The Morgan fingerprint density at radius 1 is 0.792 bits per heavy atom. The Morgan fingerprint density at radius 3 is 2.15 bits per heavy atom. The molecule has 1 heterocycles. The number of alkyl carbamates (subject to hydrolysis) is 1. The van der Waals surface area contributed by atoms with Gasteiger partial charge in [-0.1, -0.05) is 84.9 Å². The van der Waals surface area contributed by atoms with Crippen LogP contribution in [0.25, 0.3) is 11.0 Å². The van der Waals surface area contributed by atoms with Crippen LogP contribution in [-0.4, -0.2) is 63.0 Å². The SMILES string of the molecule is O=C(NC(CNC(=O)c1ccc(CN(CCc2nc3ccccc3[nH]2)C(=O)CCc2ccccc2)cc1)C(=O)O)OCc1ccccc1. The van der Waals surface area contributed by atoms with Crippen molar-refractivity contribution < 1.29 is 29.0 Å². The highest BCUT2D eigenvalue weighted by Crippen LogP contribution is 2.14. The van der Waals surface area contributed by atoms with E-state index in [4.69, 9.17) is 4.74 Å². The molecule has 0 spiro atoms. The van der Waals surface area contributed by atoms with Gasteiger partial charge in [-0.15, -0.1) is 0 Å². The third kappa shape index (κ3) is 9.76. The summed E-state index contributed by atoms with van der Waals surface area (Å²) < 4.78 is 5.10. The van der Waals surface area contributed by atoms with E-state index in [1.165, 1.54) is 0 Å². The van der Waals surface area contributed by atoms with Crippen LogP contribution in [-0.2, 0) is 40.3 Å². The molecule has 4 N–H and O–H groups in total. The fourth-order valence-corrected chi connectivity index (χ4v) is 5.10. The minimum atomic E-state index is -1.39. The number of H-pyrrole nitrogens is 1. The van der Waals surface area contributed by atoms with Gasteiger partial charge in [0, 0.05) is 38.0 Å². The van der Waals surface area contributed by atoms with Crippen LogP contribution in [0.4, 0.5) is 4.79 Å². The Balaban J connectivity index is 1.16. The Morgan fingerprint density at radius 2 is 1.46 bits per heavy atom. The first-order valence-corrected chi connectivity index (χ1v) is 15.7. The summed E-state index contributed by atoms with van der Waals surface area (Å²) in [6.07, 6.45) is 0.610. The predicted molar refractivity (Wildman–Crippen MR) is 180 cm³/mol. The molecule has 0 saturated carbocycles. The first-order chi connectivity index (χ1) is 23.3. The van der Waals surface area contributed by atoms with Crippen LogP contribution in [0.1, 0.15) is 39.3 Å². The zero-order valence-electron chi connectivity index (χ0n) is 26.3. The van der Waals surface area contributed by atoms with Crippen molar-refractivity contribution in [1.82, 2.24) is 25.5 Å². The molecule has 0 aliphatic carbocycles. The van der Waals surface area contributed by atoms with Crippen LogP contribution < -0.4 is 10.6 Å². The first kappa shape index (κ1) is 33.4. The number of aliphatic carboxylic acids is 1. The maximum absolute atomic E-state index is 13.4. The zero-order valence-corrected chi connectivity index (χ0v) is 26.3. The smallest absolute Gasteiger partial charge is 0.408 e. The molecule has 48 heavy (non-hydrogen) atoms. The third-order valence-corrected chi connectivity index (χ3v) is 7.74. The summed E-state index contributed by atoms with van der Waals surface area (Å²) in [5.74, 6) is -1.02. The van der Waals surface area contributed by atoms with E-state index in [2.05, 4.69) is 20.6 Å². The summed E-state index contributed by atoms with van der Waals surface area (Å²) in [7, 11) is 0. The van der Waals surface area contributed by atoms with Crippen LogP contribution >= 0.6 is 0 Å². The molecule has 3 amide bonds. The molecule has 0 fully saturated rings. The van der Waals surface area contributed by atoms with Gasteiger partial charge >= 0.3 is 12.1 Å². The molecule has 11 heteroatoms. The maximum atomic E-state index is 13.4. The first-order valence-electron chi connectivity index (χ1n) is 15.7. The molecule has 1 atom stereocenters. The monoisotopic (exact) mass is 647 g/mol. The van der Waals surface area contributed by atoms with E-state index in [1.807, 2.05) is 60.7 Å². The second-order valence-corrected chi connectivity index (χ2v) is 11.3. The van der Waals surface area contributed by atoms with Crippen molar-refractivity contribution >= 4 is 34.9 Å². The van der Waals surface area contributed by atoms with Gasteiger partial charge in [-0.25, -0.2) is 14.6 Å². The topological polar surface area (TPSA) is 154 Å². The average Bonchev–Trinajstić information content (AvgIpc) is 3.54. The molecule has 0 saturated heterocycles. The number of nitrogens with zero attached hydrogens (tertiary/aromatic N) is 2. The minimum absolute atomic E-state index is 0.00583.